The van der Waals surface area contributed by atoms with Crippen LogP contribution >= 0.6 is 11.3 Å². The molecule has 130 valence electrons. The van der Waals surface area contributed by atoms with Crippen LogP contribution in [0.3, 0.4) is 0 Å². The average Bonchev–Trinajstić information content (AvgIpc) is 3.11. The predicted octanol–water partition coefficient (Wildman–Crippen LogP) is 4.55. The summed E-state index contributed by atoms with van der Waals surface area (Å²) in [6.45, 7) is 7.69. The van der Waals surface area contributed by atoms with Crippen molar-refractivity contribution >= 4 is 28.7 Å². The number of amides is 1. The predicted molar refractivity (Wildman–Crippen MR) is 100 cm³/mol. The second kappa shape index (κ2) is 6.48. The van der Waals surface area contributed by atoms with Crippen molar-refractivity contribution < 1.29 is 14.7 Å². The molecule has 0 fully saturated rings. The lowest BCUT2D eigenvalue weighted by Crippen LogP contribution is -2.31. The zero-order valence-corrected chi connectivity index (χ0v) is 15.6. The molecule has 1 aliphatic heterocycles. The molecule has 1 aliphatic rings. The topological polar surface area (TPSA) is 57.6 Å². The highest BCUT2D eigenvalue weighted by Crippen LogP contribution is 2.44. The Labute approximate surface area is 151 Å². The van der Waals surface area contributed by atoms with Crippen LogP contribution in [0.4, 0.5) is 5.69 Å². The number of carbonyl (C=O) groups is 2. The van der Waals surface area contributed by atoms with E-state index in [1.165, 1.54) is 11.3 Å². The van der Waals surface area contributed by atoms with Gasteiger partial charge >= 0.3 is 0 Å². The van der Waals surface area contributed by atoms with Gasteiger partial charge in [0.05, 0.1) is 5.57 Å². The summed E-state index contributed by atoms with van der Waals surface area (Å²) >= 11 is 1.50. The van der Waals surface area contributed by atoms with E-state index in [-0.39, 0.29) is 17.8 Å². The molecule has 1 amide bonds. The lowest BCUT2D eigenvalue weighted by atomic mass is 9.98. The third-order valence-electron chi connectivity index (χ3n) is 4.75. The summed E-state index contributed by atoms with van der Waals surface area (Å²) in [4.78, 5) is 27.8. The molecule has 25 heavy (non-hydrogen) atoms. The van der Waals surface area contributed by atoms with Crippen LogP contribution in [0, 0.1) is 20.8 Å². The molecular formula is C20H21NO3S. The molecule has 0 aliphatic carbocycles. The summed E-state index contributed by atoms with van der Waals surface area (Å²) < 4.78 is 0. The van der Waals surface area contributed by atoms with E-state index >= 15 is 0 Å². The highest BCUT2D eigenvalue weighted by atomic mass is 32.1. The Morgan fingerprint density at radius 2 is 1.88 bits per heavy atom. The molecule has 4 nitrogen and oxygen atoms in total. The molecule has 1 unspecified atom stereocenters. The van der Waals surface area contributed by atoms with Crippen molar-refractivity contribution in [1.29, 1.82) is 0 Å². The van der Waals surface area contributed by atoms with Gasteiger partial charge in [0.1, 0.15) is 6.04 Å². The lowest BCUT2D eigenvalue weighted by Gasteiger charge is -2.27. The summed E-state index contributed by atoms with van der Waals surface area (Å²) in [5.74, 6) is -1.14. The van der Waals surface area contributed by atoms with Crippen molar-refractivity contribution in [3.05, 3.63) is 62.5 Å². The molecule has 1 aromatic carbocycles. The zero-order valence-electron chi connectivity index (χ0n) is 14.8. The number of aliphatic hydroxyl groups is 1. The number of hydrogen-bond donors (Lipinski definition) is 1. The molecule has 0 spiro atoms. The molecule has 0 bridgehead atoms. The fourth-order valence-electron chi connectivity index (χ4n) is 3.13. The number of nitrogens with zero attached hydrogens (tertiary/aromatic N) is 1. The molecule has 0 saturated heterocycles. The van der Waals surface area contributed by atoms with Crippen molar-refractivity contribution in [3.63, 3.8) is 0 Å². The Hall–Kier alpha value is -2.40. The fraction of sp³-hybridized carbons (Fsp3) is 0.300. The van der Waals surface area contributed by atoms with E-state index in [1.807, 2.05) is 50.4 Å². The maximum Gasteiger partial charge on any atom is 0.294 e. The average molecular weight is 355 g/mol. The van der Waals surface area contributed by atoms with E-state index in [0.717, 1.165) is 21.6 Å². The fourth-order valence-corrected chi connectivity index (χ4v) is 4.16. The van der Waals surface area contributed by atoms with Crippen molar-refractivity contribution in [2.24, 2.45) is 0 Å². The van der Waals surface area contributed by atoms with Crippen LogP contribution in [0.2, 0.25) is 0 Å². The maximum absolute atomic E-state index is 12.8. The van der Waals surface area contributed by atoms with E-state index in [9.17, 15) is 14.7 Å². The van der Waals surface area contributed by atoms with Gasteiger partial charge in [-0.05, 0) is 61.0 Å². The van der Waals surface area contributed by atoms with Crippen molar-refractivity contribution in [3.8, 4) is 0 Å². The number of rotatable bonds is 4. The number of thiophene rings is 1. The van der Waals surface area contributed by atoms with Crippen LogP contribution in [0.25, 0.3) is 0 Å². The first kappa shape index (κ1) is 17.4. The first-order valence-corrected chi connectivity index (χ1v) is 9.15. The number of ketones is 1. The number of aryl methyl sites for hydroxylation is 3. The molecule has 0 radical (unpaired) electrons. The van der Waals surface area contributed by atoms with E-state index in [0.29, 0.717) is 5.69 Å². The van der Waals surface area contributed by atoms with Crippen molar-refractivity contribution in [2.45, 2.75) is 40.2 Å². The summed E-state index contributed by atoms with van der Waals surface area (Å²) in [7, 11) is 0. The van der Waals surface area contributed by atoms with Crippen LogP contribution in [-0.2, 0) is 9.59 Å². The summed E-state index contributed by atoms with van der Waals surface area (Å²) in [5, 5.41) is 12.4. The molecule has 2 heterocycles. The molecule has 1 atom stereocenters. The second-order valence-electron chi connectivity index (χ2n) is 6.35. The summed E-state index contributed by atoms with van der Waals surface area (Å²) in [6, 6.07) is 7.14. The van der Waals surface area contributed by atoms with Crippen LogP contribution in [-0.4, -0.2) is 16.8 Å². The quantitative estimate of drug-likeness (QED) is 0.875. The van der Waals surface area contributed by atoms with Crippen LogP contribution < -0.4 is 4.90 Å². The van der Waals surface area contributed by atoms with Crippen LogP contribution in [0.5, 0.6) is 0 Å². The molecule has 1 N–H and O–H groups in total. The van der Waals surface area contributed by atoms with E-state index in [1.54, 1.807) is 11.8 Å². The zero-order chi connectivity index (χ0) is 18.3. The molecule has 2 aromatic rings. The van der Waals surface area contributed by atoms with Gasteiger partial charge < -0.3 is 5.11 Å². The first-order valence-electron chi connectivity index (χ1n) is 8.28. The largest absolute Gasteiger partial charge is 0.503 e. The third kappa shape index (κ3) is 2.78. The number of carbonyl (C=O) groups excluding carboxylic acids is 2. The Balaban J connectivity index is 2.20. The van der Waals surface area contributed by atoms with Gasteiger partial charge in [0.15, 0.2) is 11.5 Å². The summed E-state index contributed by atoms with van der Waals surface area (Å²) in [5.41, 5.74) is 4.09. The van der Waals surface area contributed by atoms with Crippen LogP contribution in [0.15, 0.2) is 41.0 Å². The SMILES string of the molecule is CCC(=O)C1=C(O)C(=O)N(c2ccc(C)c(C)c2)C1c1sccc1C. The lowest BCUT2D eigenvalue weighted by molar-refractivity contribution is -0.118. The molecule has 1 aromatic heterocycles. The Bertz CT molecular complexity index is 894. The number of Topliss-reactive ketones (excluding diaryl/α,β-unsaturated/α-hetero) is 1. The Morgan fingerprint density at radius 3 is 2.44 bits per heavy atom. The standard InChI is InChI=1S/C20H21NO3S/c1-5-15(22)16-17(19-12(3)8-9-25-19)21(20(24)18(16)23)14-7-6-11(2)13(4)10-14/h6-10,17,23H,5H2,1-4H3. The van der Waals surface area contributed by atoms with Crippen molar-refractivity contribution in [1.82, 2.24) is 0 Å². The normalized spacial score (nSPS) is 17.5. The minimum atomic E-state index is -0.568. The smallest absolute Gasteiger partial charge is 0.294 e. The number of hydrogen-bond acceptors (Lipinski definition) is 4. The molecular weight excluding hydrogens is 334 g/mol. The van der Waals surface area contributed by atoms with Gasteiger partial charge in [0.2, 0.25) is 0 Å². The minimum Gasteiger partial charge on any atom is -0.503 e. The van der Waals surface area contributed by atoms with Gasteiger partial charge in [-0.2, -0.15) is 0 Å². The van der Waals surface area contributed by atoms with E-state index < -0.39 is 17.7 Å². The number of benzene rings is 1. The number of anilines is 1. The second-order valence-corrected chi connectivity index (χ2v) is 7.30. The van der Waals surface area contributed by atoms with Gasteiger partial charge in [-0.3, -0.25) is 14.5 Å². The van der Waals surface area contributed by atoms with E-state index in [4.69, 9.17) is 0 Å². The molecule has 5 heteroatoms. The Kier molecular flexibility index (Phi) is 4.52. The van der Waals surface area contributed by atoms with Gasteiger partial charge in [-0.15, -0.1) is 11.3 Å². The van der Waals surface area contributed by atoms with Crippen LogP contribution in [0.1, 0.15) is 41.0 Å². The first-order chi connectivity index (χ1) is 11.9. The maximum atomic E-state index is 12.8. The summed E-state index contributed by atoms with van der Waals surface area (Å²) in [6.07, 6.45) is 0.244. The minimum absolute atomic E-state index is 0.199. The molecule has 3 rings (SSSR count). The number of aliphatic hydroxyl groups excluding tert-OH is 1. The third-order valence-corrected chi connectivity index (χ3v) is 5.82. The monoisotopic (exact) mass is 355 g/mol. The van der Waals surface area contributed by atoms with Crippen molar-refractivity contribution in [2.75, 3.05) is 4.90 Å². The highest BCUT2D eigenvalue weighted by Gasteiger charge is 2.44. The highest BCUT2D eigenvalue weighted by molar-refractivity contribution is 7.10. The van der Waals surface area contributed by atoms with Gasteiger partial charge in [-0.25, -0.2) is 0 Å². The van der Waals surface area contributed by atoms with Gasteiger partial charge in [0.25, 0.3) is 5.91 Å². The van der Waals surface area contributed by atoms with E-state index in [2.05, 4.69) is 0 Å². The Morgan fingerprint density at radius 1 is 1.16 bits per heavy atom. The van der Waals surface area contributed by atoms with Gasteiger partial charge in [-0.1, -0.05) is 13.0 Å². The molecule has 0 saturated carbocycles. The van der Waals surface area contributed by atoms with Gasteiger partial charge in [0, 0.05) is 17.0 Å².